The van der Waals surface area contributed by atoms with Gasteiger partial charge in [-0.25, -0.2) is 9.50 Å². The van der Waals surface area contributed by atoms with Crippen molar-refractivity contribution in [1.82, 2.24) is 30.1 Å². The number of nitrogens with zero attached hydrogens (tertiary/aromatic N) is 5. The predicted octanol–water partition coefficient (Wildman–Crippen LogP) is 2.19. The first-order valence-corrected chi connectivity index (χ1v) is 14.2. The number of thiophene rings is 1. The number of hydrogen-bond acceptors (Lipinski definition) is 9. The zero-order valence-electron chi connectivity index (χ0n) is 22.3. The van der Waals surface area contributed by atoms with Crippen molar-refractivity contribution in [1.29, 1.82) is 0 Å². The lowest BCUT2D eigenvalue weighted by atomic mass is 10.0. The Morgan fingerprint density at radius 3 is 2.85 bits per heavy atom. The maximum absolute atomic E-state index is 13.3. The van der Waals surface area contributed by atoms with Crippen molar-refractivity contribution >= 4 is 63.3 Å². The largest absolute Gasteiger partial charge is 0.490 e. The number of carbonyl (C=O) groups excluding carboxylic acids is 3. The second-order valence-electron chi connectivity index (χ2n) is 9.78. The number of halogens is 1. The number of aromatic nitrogens is 3. The fourth-order valence-electron chi connectivity index (χ4n) is 5.06. The Balaban J connectivity index is 1.32. The van der Waals surface area contributed by atoms with Crippen LogP contribution in [-0.2, 0) is 9.59 Å². The summed E-state index contributed by atoms with van der Waals surface area (Å²) in [7, 11) is 0. The molecule has 3 amide bonds. The van der Waals surface area contributed by atoms with Crippen LogP contribution in [0.1, 0.15) is 42.1 Å². The van der Waals surface area contributed by atoms with Crippen LogP contribution in [0.5, 0.6) is 5.75 Å². The van der Waals surface area contributed by atoms with Crippen molar-refractivity contribution in [2.75, 3.05) is 50.0 Å². The minimum Gasteiger partial charge on any atom is -0.490 e. The number of amides is 3. The maximum Gasteiger partial charge on any atom is 0.265 e. The third kappa shape index (κ3) is 5.85. The van der Waals surface area contributed by atoms with E-state index in [0.717, 1.165) is 47.7 Å². The number of rotatable bonds is 8. The molecule has 14 heteroatoms. The van der Waals surface area contributed by atoms with Gasteiger partial charge < -0.3 is 30.9 Å². The van der Waals surface area contributed by atoms with E-state index in [4.69, 9.17) is 22.1 Å². The van der Waals surface area contributed by atoms with Gasteiger partial charge in [0.15, 0.2) is 5.82 Å². The Labute approximate surface area is 240 Å². The molecule has 12 nitrogen and oxygen atoms in total. The number of fused-ring (bicyclic) bond motifs is 1. The number of anilines is 2. The van der Waals surface area contributed by atoms with Gasteiger partial charge in [0, 0.05) is 52.1 Å². The van der Waals surface area contributed by atoms with Gasteiger partial charge in [0.05, 0.1) is 22.3 Å². The van der Waals surface area contributed by atoms with Gasteiger partial charge in [-0.3, -0.25) is 14.4 Å². The van der Waals surface area contributed by atoms with Crippen molar-refractivity contribution in [2.45, 2.75) is 32.7 Å². The standard InChI is InChI=1S/C26H31ClN8O4S/c1-15(36)29-6-9-39-21-11-22(27)40-24(21)26(38)32-18-4-3-7-34(13-18)20-10-19(17-5-8-33(12-17)16(2)37)35-23(20)25(28)30-14-31-35/h5,10-11,14,18H,3-4,6-9,12-13H2,1-2H3,(H,29,36)(H,32,38)(H2,28,30,31)/t18-/m1/s1. The lowest BCUT2D eigenvalue weighted by Crippen LogP contribution is -2.47. The number of piperidine rings is 1. The Morgan fingerprint density at radius 1 is 1.27 bits per heavy atom. The number of carbonyl (C=O) groups is 3. The van der Waals surface area contributed by atoms with E-state index in [9.17, 15) is 14.4 Å². The summed E-state index contributed by atoms with van der Waals surface area (Å²) in [6.45, 7) is 5.94. The van der Waals surface area contributed by atoms with E-state index in [2.05, 4.69) is 25.6 Å². The molecular formula is C26H31ClN8O4S. The normalized spacial score (nSPS) is 17.2. The van der Waals surface area contributed by atoms with Crippen LogP contribution in [0.15, 0.2) is 24.5 Å². The predicted molar refractivity (Wildman–Crippen MR) is 154 cm³/mol. The summed E-state index contributed by atoms with van der Waals surface area (Å²) >= 11 is 7.35. The quantitative estimate of drug-likeness (QED) is 0.340. The highest BCUT2D eigenvalue weighted by molar-refractivity contribution is 7.18. The van der Waals surface area contributed by atoms with E-state index in [1.807, 2.05) is 12.1 Å². The summed E-state index contributed by atoms with van der Waals surface area (Å²) < 4.78 is 7.95. The van der Waals surface area contributed by atoms with Crippen LogP contribution >= 0.6 is 22.9 Å². The molecule has 3 aromatic rings. The number of nitrogen functional groups attached to an aromatic ring is 1. The topological polar surface area (TPSA) is 147 Å². The molecule has 40 heavy (non-hydrogen) atoms. The van der Waals surface area contributed by atoms with Gasteiger partial charge in [-0.15, -0.1) is 11.3 Å². The molecule has 3 aromatic heterocycles. The third-order valence-corrected chi connectivity index (χ3v) is 8.21. The smallest absolute Gasteiger partial charge is 0.265 e. The lowest BCUT2D eigenvalue weighted by Gasteiger charge is -2.34. The third-order valence-electron chi connectivity index (χ3n) is 6.96. The van der Waals surface area contributed by atoms with Crippen LogP contribution in [0.3, 0.4) is 0 Å². The van der Waals surface area contributed by atoms with Crippen LogP contribution in [-0.4, -0.2) is 82.6 Å². The lowest BCUT2D eigenvalue weighted by molar-refractivity contribution is -0.127. The molecule has 0 radical (unpaired) electrons. The molecule has 0 saturated carbocycles. The van der Waals surface area contributed by atoms with E-state index < -0.39 is 0 Å². The van der Waals surface area contributed by atoms with E-state index in [-0.39, 0.29) is 30.4 Å². The van der Waals surface area contributed by atoms with Gasteiger partial charge >= 0.3 is 0 Å². The molecule has 5 rings (SSSR count). The molecule has 5 heterocycles. The molecule has 1 atom stereocenters. The second kappa shape index (κ2) is 11.7. The first kappa shape index (κ1) is 27.7. The molecule has 0 aromatic carbocycles. The fraction of sp³-hybridized carbons (Fsp3) is 0.423. The van der Waals surface area contributed by atoms with Crippen molar-refractivity contribution < 1.29 is 19.1 Å². The zero-order chi connectivity index (χ0) is 28.4. The average Bonchev–Trinajstić information content (AvgIpc) is 3.64. The Morgan fingerprint density at radius 2 is 2.10 bits per heavy atom. The van der Waals surface area contributed by atoms with E-state index >= 15 is 0 Å². The molecule has 2 aliphatic heterocycles. The zero-order valence-corrected chi connectivity index (χ0v) is 23.8. The molecular weight excluding hydrogens is 556 g/mol. The highest BCUT2D eigenvalue weighted by Crippen LogP contribution is 2.36. The summed E-state index contributed by atoms with van der Waals surface area (Å²) in [6.07, 6.45) is 5.13. The van der Waals surface area contributed by atoms with E-state index in [0.29, 0.717) is 52.5 Å². The summed E-state index contributed by atoms with van der Waals surface area (Å²) in [6, 6.07) is 3.53. The van der Waals surface area contributed by atoms with Crippen molar-refractivity contribution in [3.63, 3.8) is 0 Å². The minimum atomic E-state index is -0.260. The van der Waals surface area contributed by atoms with Crippen molar-refractivity contribution in [3.8, 4) is 5.75 Å². The number of ether oxygens (including phenoxy) is 1. The first-order chi connectivity index (χ1) is 19.2. The van der Waals surface area contributed by atoms with Crippen LogP contribution in [0.4, 0.5) is 11.5 Å². The summed E-state index contributed by atoms with van der Waals surface area (Å²) in [5, 5.41) is 10.3. The monoisotopic (exact) mass is 586 g/mol. The highest BCUT2D eigenvalue weighted by Gasteiger charge is 2.29. The highest BCUT2D eigenvalue weighted by atomic mass is 35.5. The van der Waals surface area contributed by atoms with Gasteiger partial charge in [-0.05, 0) is 24.5 Å². The van der Waals surface area contributed by atoms with Gasteiger partial charge in [-0.1, -0.05) is 17.7 Å². The van der Waals surface area contributed by atoms with Crippen LogP contribution < -0.4 is 26.0 Å². The molecule has 0 spiro atoms. The molecule has 0 unspecified atom stereocenters. The SMILES string of the molecule is CC(=O)NCCOc1cc(Cl)sc1C(=O)N[C@@H]1CCCN(c2cc(C3=CCN(C(C)=O)C3)n3ncnc(N)c23)C1. The second-order valence-corrected chi connectivity index (χ2v) is 11.5. The minimum absolute atomic E-state index is 0.0180. The summed E-state index contributed by atoms with van der Waals surface area (Å²) in [5.41, 5.74) is 9.77. The molecule has 0 aliphatic carbocycles. The molecule has 212 valence electrons. The maximum atomic E-state index is 13.3. The molecule has 4 N–H and O–H groups in total. The van der Waals surface area contributed by atoms with Crippen LogP contribution in [0.2, 0.25) is 4.34 Å². The van der Waals surface area contributed by atoms with Gasteiger partial charge in [-0.2, -0.15) is 5.10 Å². The number of hydrogen-bond donors (Lipinski definition) is 3. The Bertz CT molecular complexity index is 1480. The van der Waals surface area contributed by atoms with E-state index in [1.165, 1.54) is 13.3 Å². The average molecular weight is 587 g/mol. The summed E-state index contributed by atoms with van der Waals surface area (Å²) in [4.78, 5) is 44.8. The molecule has 1 saturated heterocycles. The van der Waals surface area contributed by atoms with Gasteiger partial charge in [0.2, 0.25) is 11.8 Å². The van der Waals surface area contributed by atoms with Crippen molar-refractivity contribution in [2.24, 2.45) is 0 Å². The molecule has 1 fully saturated rings. The molecule has 2 aliphatic rings. The summed E-state index contributed by atoms with van der Waals surface area (Å²) in [5.74, 6) is 0.358. The Hall–Kier alpha value is -3.84. The first-order valence-electron chi connectivity index (χ1n) is 13.0. The number of nitrogens with one attached hydrogen (secondary N) is 2. The van der Waals surface area contributed by atoms with E-state index in [1.54, 1.807) is 22.4 Å². The van der Waals surface area contributed by atoms with Gasteiger partial charge in [0.1, 0.15) is 29.1 Å². The van der Waals surface area contributed by atoms with Crippen LogP contribution in [0.25, 0.3) is 11.1 Å². The van der Waals surface area contributed by atoms with Crippen LogP contribution in [0, 0.1) is 0 Å². The van der Waals surface area contributed by atoms with Gasteiger partial charge in [0.25, 0.3) is 5.91 Å². The fourth-order valence-corrected chi connectivity index (χ4v) is 6.12. The Kier molecular flexibility index (Phi) is 8.12. The van der Waals surface area contributed by atoms with Crippen molar-refractivity contribution in [3.05, 3.63) is 39.4 Å². The number of nitrogens with two attached hydrogens (primary N) is 1. The molecule has 0 bridgehead atoms.